The number of hydrogen-bond donors (Lipinski definition) is 1. The average Bonchev–Trinajstić information content (AvgIpc) is 2.08. The van der Waals surface area contributed by atoms with Gasteiger partial charge >= 0.3 is 5.97 Å². The van der Waals surface area contributed by atoms with E-state index in [4.69, 9.17) is 16.7 Å². The quantitative estimate of drug-likeness (QED) is 0.839. The summed E-state index contributed by atoms with van der Waals surface area (Å²) in [6.07, 6.45) is 0.548. The summed E-state index contributed by atoms with van der Waals surface area (Å²) in [5.74, 6) is -1.11. The molecule has 0 aliphatic heterocycles. The summed E-state index contributed by atoms with van der Waals surface area (Å²) >= 11 is 5.69. The second-order valence-corrected chi connectivity index (χ2v) is 3.51. The standard InChI is InChI=1S/C10H11ClO2.CH4/c1-7(10(12)13)6-8-2-4-9(11)5-3-8;/h2-5,7H,6H2,1H3,(H,12,13);1H4. The van der Waals surface area contributed by atoms with Crippen molar-refractivity contribution in [1.82, 2.24) is 0 Å². The van der Waals surface area contributed by atoms with Crippen molar-refractivity contribution >= 4 is 17.6 Å². The van der Waals surface area contributed by atoms with Crippen LogP contribution in [0.4, 0.5) is 0 Å². The molecule has 0 radical (unpaired) electrons. The first kappa shape index (κ1) is 13.0. The molecule has 0 heterocycles. The zero-order valence-electron chi connectivity index (χ0n) is 7.33. The van der Waals surface area contributed by atoms with Gasteiger partial charge in [-0.15, -0.1) is 0 Å². The van der Waals surface area contributed by atoms with Gasteiger partial charge in [0, 0.05) is 5.02 Å². The van der Waals surface area contributed by atoms with Gasteiger partial charge in [-0.2, -0.15) is 0 Å². The summed E-state index contributed by atoms with van der Waals surface area (Å²) in [5.41, 5.74) is 0.999. The fourth-order valence-corrected chi connectivity index (χ4v) is 1.19. The predicted octanol–water partition coefficient (Wildman–Crippen LogP) is 3.24. The minimum Gasteiger partial charge on any atom is -0.481 e. The van der Waals surface area contributed by atoms with Gasteiger partial charge < -0.3 is 5.11 Å². The molecule has 0 bridgehead atoms. The fraction of sp³-hybridized carbons (Fsp3) is 0.364. The lowest BCUT2D eigenvalue weighted by Crippen LogP contribution is -2.11. The highest BCUT2D eigenvalue weighted by atomic mass is 35.5. The van der Waals surface area contributed by atoms with Gasteiger partial charge in [0.05, 0.1) is 5.92 Å². The summed E-state index contributed by atoms with van der Waals surface area (Å²) < 4.78 is 0. The molecule has 1 aromatic rings. The molecule has 1 unspecified atom stereocenters. The van der Waals surface area contributed by atoms with E-state index >= 15 is 0 Å². The van der Waals surface area contributed by atoms with Gasteiger partial charge in [-0.3, -0.25) is 4.79 Å². The Morgan fingerprint density at radius 3 is 2.36 bits per heavy atom. The smallest absolute Gasteiger partial charge is 0.306 e. The second-order valence-electron chi connectivity index (χ2n) is 3.07. The van der Waals surface area contributed by atoms with Crippen molar-refractivity contribution in [2.45, 2.75) is 20.8 Å². The number of hydrogen-bond acceptors (Lipinski definition) is 1. The van der Waals surface area contributed by atoms with Crippen LogP contribution in [-0.2, 0) is 11.2 Å². The van der Waals surface area contributed by atoms with Gasteiger partial charge in [-0.05, 0) is 24.1 Å². The first-order chi connectivity index (χ1) is 6.09. The largest absolute Gasteiger partial charge is 0.481 e. The minimum absolute atomic E-state index is 0. The minimum atomic E-state index is -0.769. The molecule has 1 atom stereocenters. The molecule has 0 saturated heterocycles. The zero-order valence-corrected chi connectivity index (χ0v) is 8.08. The molecule has 1 aromatic carbocycles. The first-order valence-electron chi connectivity index (χ1n) is 4.07. The summed E-state index contributed by atoms with van der Waals surface area (Å²) in [6, 6.07) is 7.24. The zero-order chi connectivity index (χ0) is 9.84. The van der Waals surface area contributed by atoms with E-state index in [1.165, 1.54) is 0 Å². The van der Waals surface area contributed by atoms with Gasteiger partial charge in [-0.25, -0.2) is 0 Å². The number of rotatable bonds is 3. The summed E-state index contributed by atoms with van der Waals surface area (Å²) in [4.78, 5) is 10.5. The summed E-state index contributed by atoms with van der Waals surface area (Å²) in [6.45, 7) is 1.69. The topological polar surface area (TPSA) is 37.3 Å². The highest BCUT2D eigenvalue weighted by molar-refractivity contribution is 6.30. The normalized spacial score (nSPS) is 11.6. The molecule has 0 saturated carbocycles. The molecule has 78 valence electrons. The van der Waals surface area contributed by atoms with Crippen LogP contribution in [0, 0.1) is 5.92 Å². The Morgan fingerprint density at radius 1 is 1.43 bits per heavy atom. The number of carbonyl (C=O) groups is 1. The monoisotopic (exact) mass is 214 g/mol. The van der Waals surface area contributed by atoms with Crippen molar-refractivity contribution in [1.29, 1.82) is 0 Å². The van der Waals surface area contributed by atoms with Crippen LogP contribution in [-0.4, -0.2) is 11.1 Å². The van der Waals surface area contributed by atoms with Crippen molar-refractivity contribution in [2.75, 3.05) is 0 Å². The lowest BCUT2D eigenvalue weighted by atomic mass is 10.0. The molecule has 14 heavy (non-hydrogen) atoms. The molecule has 0 aromatic heterocycles. The van der Waals surface area contributed by atoms with Crippen molar-refractivity contribution < 1.29 is 9.90 Å². The van der Waals surface area contributed by atoms with E-state index in [-0.39, 0.29) is 13.3 Å². The van der Waals surface area contributed by atoms with Gasteiger partial charge in [0.15, 0.2) is 0 Å². The van der Waals surface area contributed by atoms with E-state index in [0.29, 0.717) is 11.4 Å². The third kappa shape index (κ3) is 3.79. The molecule has 0 amide bonds. The molecule has 1 N–H and O–H groups in total. The first-order valence-corrected chi connectivity index (χ1v) is 4.44. The number of benzene rings is 1. The third-order valence-corrected chi connectivity index (χ3v) is 2.13. The molecule has 0 aliphatic carbocycles. The fourth-order valence-electron chi connectivity index (χ4n) is 1.06. The molecule has 0 aliphatic rings. The van der Waals surface area contributed by atoms with Crippen LogP contribution >= 0.6 is 11.6 Å². The van der Waals surface area contributed by atoms with Crippen LogP contribution in [0.2, 0.25) is 5.02 Å². The summed E-state index contributed by atoms with van der Waals surface area (Å²) in [5, 5.41) is 9.34. The summed E-state index contributed by atoms with van der Waals surface area (Å²) in [7, 11) is 0. The van der Waals surface area contributed by atoms with Crippen molar-refractivity contribution in [3.8, 4) is 0 Å². The van der Waals surface area contributed by atoms with E-state index in [1.54, 1.807) is 19.1 Å². The van der Waals surface area contributed by atoms with Crippen LogP contribution in [0.15, 0.2) is 24.3 Å². The van der Waals surface area contributed by atoms with E-state index in [1.807, 2.05) is 12.1 Å². The SMILES string of the molecule is C.CC(Cc1ccc(Cl)cc1)C(=O)O. The number of carboxylic acid groups (broad SMARTS) is 1. The Morgan fingerprint density at radius 2 is 1.93 bits per heavy atom. The van der Waals surface area contributed by atoms with Crippen molar-refractivity contribution in [2.24, 2.45) is 5.92 Å². The molecular formula is C11H15ClO2. The Balaban J connectivity index is 0.00000169. The third-order valence-electron chi connectivity index (χ3n) is 1.88. The molecule has 3 heteroatoms. The number of carboxylic acids is 1. The van der Waals surface area contributed by atoms with Crippen LogP contribution in [0.25, 0.3) is 0 Å². The molecule has 1 rings (SSSR count). The Labute approximate surface area is 89.5 Å². The highest BCUT2D eigenvalue weighted by Gasteiger charge is 2.10. The van der Waals surface area contributed by atoms with E-state index in [0.717, 1.165) is 5.56 Å². The van der Waals surface area contributed by atoms with E-state index in [9.17, 15) is 4.79 Å². The van der Waals surface area contributed by atoms with Gasteiger partial charge in [-0.1, -0.05) is 38.1 Å². The molecule has 0 spiro atoms. The van der Waals surface area contributed by atoms with Crippen molar-refractivity contribution in [3.63, 3.8) is 0 Å². The molecular weight excluding hydrogens is 200 g/mol. The Bertz CT molecular complexity index is 293. The second kappa shape index (κ2) is 5.66. The van der Waals surface area contributed by atoms with Crippen molar-refractivity contribution in [3.05, 3.63) is 34.9 Å². The lowest BCUT2D eigenvalue weighted by Gasteiger charge is -2.05. The lowest BCUT2D eigenvalue weighted by molar-refractivity contribution is -0.141. The molecule has 0 fully saturated rings. The van der Waals surface area contributed by atoms with E-state index < -0.39 is 5.97 Å². The maximum atomic E-state index is 10.5. The van der Waals surface area contributed by atoms with Gasteiger partial charge in [0.1, 0.15) is 0 Å². The van der Waals surface area contributed by atoms with Crippen LogP contribution < -0.4 is 0 Å². The number of aliphatic carboxylic acids is 1. The average molecular weight is 215 g/mol. The number of halogens is 1. The van der Waals surface area contributed by atoms with E-state index in [2.05, 4.69) is 0 Å². The molecule has 2 nitrogen and oxygen atoms in total. The Kier molecular flexibility index (Phi) is 5.24. The van der Waals surface area contributed by atoms with Crippen LogP contribution in [0.5, 0.6) is 0 Å². The van der Waals surface area contributed by atoms with Gasteiger partial charge in [0.25, 0.3) is 0 Å². The predicted molar refractivity (Wildman–Crippen MR) is 58.7 cm³/mol. The highest BCUT2D eigenvalue weighted by Crippen LogP contribution is 2.13. The van der Waals surface area contributed by atoms with Gasteiger partial charge in [0.2, 0.25) is 0 Å². The Hall–Kier alpha value is -1.02. The van der Waals surface area contributed by atoms with Crippen LogP contribution in [0.3, 0.4) is 0 Å². The maximum Gasteiger partial charge on any atom is 0.306 e. The maximum absolute atomic E-state index is 10.5. The van der Waals surface area contributed by atoms with Crippen LogP contribution in [0.1, 0.15) is 19.9 Å².